The van der Waals surface area contributed by atoms with E-state index in [0.29, 0.717) is 10.8 Å². The number of rotatable bonds is 7. The Hall–Kier alpha value is -0.0800. The zero-order chi connectivity index (χ0) is 23.4. The molecule has 0 radical (unpaired) electrons. The van der Waals surface area contributed by atoms with E-state index in [1.54, 1.807) is 0 Å². The molecule has 4 saturated carbocycles. The second-order valence-corrected chi connectivity index (χ2v) is 14.2. The quantitative estimate of drug-likeness (QED) is 0.419. The molecule has 4 aliphatic rings. The van der Waals surface area contributed by atoms with E-state index in [1.165, 1.54) is 57.8 Å². The molecule has 4 fully saturated rings. The Balaban J connectivity index is 1.43. The molecule has 0 aromatic carbocycles. The maximum absolute atomic E-state index is 10.8. The zero-order valence-corrected chi connectivity index (χ0v) is 22.3. The Morgan fingerprint density at radius 1 is 0.906 bits per heavy atom. The van der Waals surface area contributed by atoms with Crippen LogP contribution in [0.15, 0.2) is 0 Å². The van der Waals surface area contributed by atoms with Crippen LogP contribution in [-0.4, -0.2) is 21.4 Å². The molecular weight excluding hydrogens is 392 g/mol. The topological polar surface area (TPSA) is 40.5 Å². The average Bonchev–Trinajstić information content (AvgIpc) is 3.08. The molecule has 2 nitrogen and oxygen atoms in total. The lowest BCUT2D eigenvalue weighted by Crippen LogP contribution is -2.55. The van der Waals surface area contributed by atoms with Crippen LogP contribution in [0.2, 0.25) is 0 Å². The highest BCUT2D eigenvalue weighted by Crippen LogP contribution is 2.68. The number of unbranched alkanes of at least 4 members (excludes halogenated alkanes) is 1. The number of hydrogen-bond donors (Lipinski definition) is 2. The maximum atomic E-state index is 10.8. The third-order valence-corrected chi connectivity index (χ3v) is 11.9. The van der Waals surface area contributed by atoms with Crippen molar-refractivity contribution in [3.05, 3.63) is 0 Å². The van der Waals surface area contributed by atoms with Gasteiger partial charge in [-0.05, 0) is 137 Å². The molecule has 2 heteroatoms. The summed E-state index contributed by atoms with van der Waals surface area (Å²) >= 11 is 0. The summed E-state index contributed by atoms with van der Waals surface area (Å²) < 4.78 is 0. The summed E-state index contributed by atoms with van der Waals surface area (Å²) in [5, 5.41) is 21.6. The normalized spacial score (nSPS) is 48.9. The summed E-state index contributed by atoms with van der Waals surface area (Å²) in [5.74, 6) is 5.02. The molecule has 4 rings (SSSR count). The minimum Gasteiger partial charge on any atom is -0.390 e. The molecule has 0 heterocycles. The molecule has 0 bridgehead atoms. The molecule has 3 unspecified atom stereocenters. The van der Waals surface area contributed by atoms with E-state index in [-0.39, 0.29) is 0 Å². The van der Waals surface area contributed by atoms with Crippen LogP contribution >= 0.6 is 0 Å². The highest BCUT2D eigenvalue weighted by atomic mass is 16.3. The van der Waals surface area contributed by atoms with Crippen molar-refractivity contribution in [2.24, 2.45) is 46.3 Å². The van der Waals surface area contributed by atoms with E-state index in [1.807, 2.05) is 0 Å². The van der Waals surface area contributed by atoms with Gasteiger partial charge >= 0.3 is 0 Å². The molecular formula is C30H54O2. The lowest BCUT2D eigenvalue weighted by Gasteiger charge is -2.62. The van der Waals surface area contributed by atoms with Crippen LogP contribution in [0.4, 0.5) is 0 Å². The molecule has 2 N–H and O–H groups in total. The standard InChI is InChI=1S/C30H54O2/c1-7-8-15-27(3,31)16-13-21(2)24-11-12-25-23-10-9-22-20-28(4,32)18-19-29(22,5)26(23)14-17-30(24,25)6/h21-26,31-32H,7-20H2,1-6H3/t21-,22?,23+,24-,25?,26?,27+,28+,29+,30-/m1/s1. The van der Waals surface area contributed by atoms with Gasteiger partial charge in [0.25, 0.3) is 0 Å². The predicted octanol–water partition coefficient (Wildman–Crippen LogP) is 7.75. The van der Waals surface area contributed by atoms with E-state index in [2.05, 4.69) is 41.5 Å². The van der Waals surface area contributed by atoms with Crippen LogP contribution in [0.3, 0.4) is 0 Å². The van der Waals surface area contributed by atoms with Crippen LogP contribution in [-0.2, 0) is 0 Å². The first kappa shape index (κ1) is 25.0. The first-order valence-electron chi connectivity index (χ1n) is 14.4. The summed E-state index contributed by atoms with van der Waals surface area (Å²) in [6.45, 7) is 14.1. The van der Waals surface area contributed by atoms with Crippen LogP contribution < -0.4 is 0 Å². The second-order valence-electron chi connectivity index (χ2n) is 14.2. The molecule has 0 aromatic heterocycles. The van der Waals surface area contributed by atoms with Gasteiger partial charge in [0.05, 0.1) is 11.2 Å². The molecule has 0 amide bonds. The van der Waals surface area contributed by atoms with Crippen molar-refractivity contribution in [3.8, 4) is 0 Å². The molecule has 0 spiro atoms. The highest BCUT2D eigenvalue weighted by molar-refractivity contribution is 5.10. The van der Waals surface area contributed by atoms with Crippen molar-refractivity contribution < 1.29 is 10.2 Å². The Bertz CT molecular complexity index is 653. The summed E-state index contributed by atoms with van der Waals surface area (Å²) in [7, 11) is 0. The lowest BCUT2D eigenvalue weighted by atomic mass is 9.43. The SMILES string of the molecule is CCCC[C@](C)(O)CC[C@@H](C)[C@H]1CCC2[C@@H]3CCC4C[C@@](C)(O)CC[C@]4(C)C3CC[C@@]21C. The first-order chi connectivity index (χ1) is 14.9. The van der Waals surface area contributed by atoms with Gasteiger partial charge in [-0.15, -0.1) is 0 Å². The van der Waals surface area contributed by atoms with Crippen molar-refractivity contribution in [1.29, 1.82) is 0 Å². The Labute approximate surface area is 199 Å². The van der Waals surface area contributed by atoms with Crippen molar-refractivity contribution in [1.82, 2.24) is 0 Å². The van der Waals surface area contributed by atoms with Gasteiger partial charge in [-0.25, -0.2) is 0 Å². The van der Waals surface area contributed by atoms with Crippen molar-refractivity contribution in [2.45, 2.75) is 143 Å². The Morgan fingerprint density at radius 2 is 1.62 bits per heavy atom. The third-order valence-electron chi connectivity index (χ3n) is 11.9. The maximum Gasteiger partial charge on any atom is 0.0622 e. The number of hydrogen-bond acceptors (Lipinski definition) is 2. The minimum absolute atomic E-state index is 0.424. The van der Waals surface area contributed by atoms with Crippen LogP contribution in [0.1, 0.15) is 131 Å². The summed E-state index contributed by atoms with van der Waals surface area (Å²) in [4.78, 5) is 0. The van der Waals surface area contributed by atoms with Crippen molar-refractivity contribution in [2.75, 3.05) is 0 Å². The lowest BCUT2D eigenvalue weighted by molar-refractivity contribution is -0.148. The van der Waals surface area contributed by atoms with E-state index < -0.39 is 11.2 Å². The molecule has 10 atom stereocenters. The molecule has 4 aliphatic carbocycles. The average molecular weight is 447 g/mol. The smallest absolute Gasteiger partial charge is 0.0622 e. The molecule has 0 aliphatic heterocycles. The van der Waals surface area contributed by atoms with Crippen LogP contribution in [0, 0.1) is 46.3 Å². The van der Waals surface area contributed by atoms with Crippen LogP contribution in [0.5, 0.6) is 0 Å². The number of aliphatic hydroxyl groups is 2. The number of fused-ring (bicyclic) bond motifs is 5. The first-order valence-corrected chi connectivity index (χ1v) is 14.4. The largest absolute Gasteiger partial charge is 0.390 e. The van der Waals surface area contributed by atoms with Gasteiger partial charge in [-0.3, -0.25) is 0 Å². The van der Waals surface area contributed by atoms with Gasteiger partial charge in [-0.1, -0.05) is 40.5 Å². The van der Waals surface area contributed by atoms with Gasteiger partial charge in [0.2, 0.25) is 0 Å². The van der Waals surface area contributed by atoms with Gasteiger partial charge in [-0.2, -0.15) is 0 Å². The van der Waals surface area contributed by atoms with Gasteiger partial charge in [0.15, 0.2) is 0 Å². The molecule has 32 heavy (non-hydrogen) atoms. The fourth-order valence-electron chi connectivity index (χ4n) is 9.83. The highest BCUT2D eigenvalue weighted by Gasteiger charge is 2.61. The third kappa shape index (κ3) is 4.46. The fourth-order valence-corrected chi connectivity index (χ4v) is 9.83. The second kappa shape index (κ2) is 8.85. The fraction of sp³-hybridized carbons (Fsp3) is 1.00. The summed E-state index contributed by atoms with van der Waals surface area (Å²) in [6, 6.07) is 0. The molecule has 0 aromatic rings. The van der Waals surface area contributed by atoms with Crippen molar-refractivity contribution >= 4 is 0 Å². The Morgan fingerprint density at radius 3 is 2.34 bits per heavy atom. The van der Waals surface area contributed by atoms with Gasteiger partial charge in [0, 0.05) is 0 Å². The van der Waals surface area contributed by atoms with E-state index in [4.69, 9.17) is 0 Å². The van der Waals surface area contributed by atoms with Gasteiger partial charge in [0.1, 0.15) is 0 Å². The van der Waals surface area contributed by atoms with Crippen molar-refractivity contribution in [3.63, 3.8) is 0 Å². The Kier molecular flexibility index (Phi) is 6.92. The predicted molar refractivity (Wildman–Crippen MR) is 134 cm³/mol. The molecule has 186 valence electrons. The zero-order valence-electron chi connectivity index (χ0n) is 22.3. The summed E-state index contributed by atoms with van der Waals surface area (Å²) in [6.07, 6.45) is 17.2. The summed E-state index contributed by atoms with van der Waals surface area (Å²) in [5.41, 5.74) is 0.0792. The van der Waals surface area contributed by atoms with E-state index >= 15 is 0 Å². The van der Waals surface area contributed by atoms with E-state index in [9.17, 15) is 10.2 Å². The van der Waals surface area contributed by atoms with E-state index in [0.717, 1.165) is 67.6 Å². The minimum atomic E-state index is -0.476. The van der Waals surface area contributed by atoms with Gasteiger partial charge < -0.3 is 10.2 Å². The van der Waals surface area contributed by atoms with Crippen LogP contribution in [0.25, 0.3) is 0 Å². The monoisotopic (exact) mass is 446 g/mol. The molecule has 0 saturated heterocycles.